The second-order valence-electron chi connectivity index (χ2n) is 5.22. The summed E-state index contributed by atoms with van der Waals surface area (Å²) in [6, 6.07) is 6.85. The third-order valence-electron chi connectivity index (χ3n) is 3.45. The molecule has 0 spiro atoms. The van der Waals surface area contributed by atoms with Gasteiger partial charge in [0.15, 0.2) is 11.5 Å². The fourth-order valence-corrected chi connectivity index (χ4v) is 3.16. The van der Waals surface area contributed by atoms with E-state index >= 15 is 0 Å². The smallest absolute Gasteiger partial charge is 0.234 e. The van der Waals surface area contributed by atoms with Crippen LogP contribution in [0.1, 0.15) is 5.76 Å². The van der Waals surface area contributed by atoms with Gasteiger partial charge in [0.25, 0.3) is 0 Å². The lowest BCUT2D eigenvalue weighted by Gasteiger charge is -2.08. The van der Waals surface area contributed by atoms with Crippen LogP contribution < -0.4 is 14.8 Å². The van der Waals surface area contributed by atoms with E-state index in [-0.39, 0.29) is 18.5 Å². The lowest BCUT2D eigenvalue weighted by Crippen LogP contribution is -2.15. The fraction of sp³-hybridized carbons (Fsp3) is 0.200. The molecule has 9 nitrogen and oxygen atoms in total. The van der Waals surface area contributed by atoms with Crippen molar-refractivity contribution in [1.29, 1.82) is 0 Å². The molecule has 3 aromatic rings. The van der Waals surface area contributed by atoms with E-state index in [1.54, 1.807) is 29.1 Å². The predicted octanol–water partition coefficient (Wildman–Crippen LogP) is 2.43. The number of carbonyl (C=O) groups is 1. The molecular weight excluding hydrogens is 382 g/mol. The van der Waals surface area contributed by atoms with Crippen LogP contribution in [0.25, 0.3) is 0 Å². The van der Waals surface area contributed by atoms with E-state index in [1.165, 1.54) is 11.8 Å². The van der Waals surface area contributed by atoms with Crippen molar-refractivity contribution in [3.8, 4) is 11.5 Å². The molecule has 1 aliphatic rings. The second-order valence-corrected chi connectivity index (χ2v) is 6.57. The molecule has 134 valence electrons. The Morgan fingerprint density at radius 3 is 3.00 bits per heavy atom. The van der Waals surface area contributed by atoms with Crippen molar-refractivity contribution < 1.29 is 18.7 Å². The van der Waals surface area contributed by atoms with Gasteiger partial charge in [0.2, 0.25) is 17.9 Å². The summed E-state index contributed by atoms with van der Waals surface area (Å²) in [5.41, 5.74) is 0.455. The quantitative estimate of drug-likeness (QED) is 0.637. The van der Waals surface area contributed by atoms with Crippen LogP contribution in [0.3, 0.4) is 0 Å². The van der Waals surface area contributed by atoms with Crippen molar-refractivity contribution in [2.45, 2.75) is 11.7 Å². The number of halogens is 1. The van der Waals surface area contributed by atoms with E-state index in [4.69, 9.17) is 25.5 Å². The van der Waals surface area contributed by atoms with Gasteiger partial charge in [-0.15, -0.1) is 5.10 Å². The Bertz CT molecular complexity index is 930. The number of ether oxygens (including phenoxy) is 2. The Balaban J connectivity index is 1.37. The molecule has 0 saturated heterocycles. The van der Waals surface area contributed by atoms with Gasteiger partial charge in [-0.1, -0.05) is 23.4 Å². The molecule has 1 amide bonds. The SMILES string of the molecule is O=C(CSc1nnnn1Cc1ccco1)Nc1cc2c(cc1Cl)OCO2. The largest absolute Gasteiger partial charge is 0.467 e. The first kappa shape index (κ1) is 16.7. The fourth-order valence-electron chi connectivity index (χ4n) is 2.28. The third-order valence-corrected chi connectivity index (χ3v) is 4.72. The highest BCUT2D eigenvalue weighted by Gasteiger charge is 2.18. The van der Waals surface area contributed by atoms with Gasteiger partial charge in [-0.05, 0) is 22.6 Å². The minimum Gasteiger partial charge on any atom is -0.467 e. The zero-order valence-corrected chi connectivity index (χ0v) is 14.8. The Hall–Kier alpha value is -2.72. The summed E-state index contributed by atoms with van der Waals surface area (Å²) in [4.78, 5) is 12.2. The highest BCUT2D eigenvalue weighted by molar-refractivity contribution is 7.99. The number of rotatable bonds is 6. The number of furan rings is 1. The number of nitrogens with zero attached hydrogens (tertiary/aromatic N) is 4. The van der Waals surface area contributed by atoms with Crippen LogP contribution in [0.15, 0.2) is 40.1 Å². The zero-order valence-electron chi connectivity index (χ0n) is 13.2. The minimum absolute atomic E-state index is 0.114. The van der Waals surface area contributed by atoms with Crippen LogP contribution >= 0.6 is 23.4 Å². The molecule has 3 heterocycles. The highest BCUT2D eigenvalue weighted by Crippen LogP contribution is 2.39. The number of hydrogen-bond acceptors (Lipinski definition) is 8. The first-order valence-electron chi connectivity index (χ1n) is 7.49. The Morgan fingerprint density at radius 2 is 2.19 bits per heavy atom. The first-order chi connectivity index (χ1) is 12.7. The Morgan fingerprint density at radius 1 is 1.35 bits per heavy atom. The summed E-state index contributed by atoms with van der Waals surface area (Å²) < 4.78 is 17.4. The molecule has 4 rings (SSSR count). The number of fused-ring (bicyclic) bond motifs is 1. The van der Waals surface area contributed by atoms with E-state index < -0.39 is 0 Å². The number of benzene rings is 1. The minimum atomic E-state index is -0.247. The number of anilines is 1. The van der Waals surface area contributed by atoms with Gasteiger partial charge in [-0.3, -0.25) is 4.79 Å². The normalized spacial score (nSPS) is 12.3. The number of nitrogens with one attached hydrogen (secondary N) is 1. The second kappa shape index (κ2) is 7.26. The van der Waals surface area contributed by atoms with E-state index in [0.29, 0.717) is 33.9 Å². The predicted molar refractivity (Wildman–Crippen MR) is 92.6 cm³/mol. The molecular formula is C15H12ClN5O4S. The van der Waals surface area contributed by atoms with E-state index in [2.05, 4.69) is 20.8 Å². The summed E-state index contributed by atoms with van der Waals surface area (Å²) in [7, 11) is 0. The molecule has 1 aliphatic heterocycles. The van der Waals surface area contributed by atoms with Crippen LogP contribution in [0.5, 0.6) is 11.5 Å². The van der Waals surface area contributed by atoms with Gasteiger partial charge in [-0.2, -0.15) is 0 Å². The van der Waals surface area contributed by atoms with Crippen molar-refractivity contribution in [1.82, 2.24) is 20.2 Å². The molecule has 0 aliphatic carbocycles. The number of hydrogen-bond donors (Lipinski definition) is 1. The number of aromatic nitrogens is 4. The number of carbonyl (C=O) groups excluding carboxylic acids is 1. The van der Waals surface area contributed by atoms with Gasteiger partial charge in [-0.25, -0.2) is 4.68 Å². The van der Waals surface area contributed by atoms with Gasteiger partial charge in [0.05, 0.1) is 22.7 Å². The summed E-state index contributed by atoms with van der Waals surface area (Å²) in [6.07, 6.45) is 1.58. The molecule has 0 saturated carbocycles. The molecule has 11 heteroatoms. The van der Waals surface area contributed by atoms with Gasteiger partial charge in [0, 0.05) is 12.1 Å². The topological polar surface area (TPSA) is 104 Å². The Labute approximate surface area is 156 Å². The molecule has 2 aromatic heterocycles. The molecule has 0 bridgehead atoms. The summed E-state index contributed by atoms with van der Waals surface area (Å²) in [5, 5.41) is 15.1. The summed E-state index contributed by atoms with van der Waals surface area (Å²) in [6.45, 7) is 0.523. The average molecular weight is 394 g/mol. The van der Waals surface area contributed by atoms with Crippen molar-refractivity contribution in [2.75, 3.05) is 17.9 Å². The van der Waals surface area contributed by atoms with E-state index in [1.807, 2.05) is 6.07 Å². The standard InChI is InChI=1S/C15H12ClN5O4S/c16-10-4-12-13(25-8-24-12)5-11(10)17-14(22)7-26-15-18-19-20-21(15)6-9-2-1-3-23-9/h1-5H,6-8H2,(H,17,22). The Kier molecular flexibility index (Phi) is 4.67. The number of amides is 1. The molecule has 1 N–H and O–H groups in total. The van der Waals surface area contributed by atoms with Crippen molar-refractivity contribution in [2.24, 2.45) is 0 Å². The summed E-state index contributed by atoms with van der Waals surface area (Å²) >= 11 is 7.36. The molecule has 0 radical (unpaired) electrons. The molecule has 0 unspecified atom stereocenters. The lowest BCUT2D eigenvalue weighted by atomic mass is 10.2. The van der Waals surface area contributed by atoms with Crippen LogP contribution in [0.2, 0.25) is 5.02 Å². The summed E-state index contributed by atoms with van der Waals surface area (Å²) in [5.74, 6) is 1.68. The van der Waals surface area contributed by atoms with Gasteiger partial charge >= 0.3 is 0 Å². The van der Waals surface area contributed by atoms with Crippen molar-refractivity contribution in [3.63, 3.8) is 0 Å². The van der Waals surface area contributed by atoms with E-state index in [9.17, 15) is 4.79 Å². The number of thioether (sulfide) groups is 1. The van der Waals surface area contributed by atoms with Crippen molar-refractivity contribution >= 4 is 35.0 Å². The zero-order chi connectivity index (χ0) is 17.9. The van der Waals surface area contributed by atoms with Gasteiger partial charge in [0.1, 0.15) is 12.3 Å². The first-order valence-corrected chi connectivity index (χ1v) is 8.86. The molecule has 0 atom stereocenters. The monoisotopic (exact) mass is 393 g/mol. The maximum atomic E-state index is 12.2. The highest BCUT2D eigenvalue weighted by atomic mass is 35.5. The average Bonchev–Trinajstić information content (AvgIpc) is 3.36. The third kappa shape index (κ3) is 3.60. The van der Waals surface area contributed by atoms with Crippen molar-refractivity contribution in [3.05, 3.63) is 41.3 Å². The maximum Gasteiger partial charge on any atom is 0.234 e. The van der Waals surface area contributed by atoms with E-state index in [0.717, 1.165) is 5.76 Å². The van der Waals surface area contributed by atoms with Crippen LogP contribution in [0, 0.1) is 0 Å². The van der Waals surface area contributed by atoms with Crippen LogP contribution in [-0.2, 0) is 11.3 Å². The maximum absolute atomic E-state index is 12.2. The molecule has 0 fully saturated rings. The van der Waals surface area contributed by atoms with Crippen LogP contribution in [0.4, 0.5) is 5.69 Å². The van der Waals surface area contributed by atoms with Crippen LogP contribution in [-0.4, -0.2) is 38.7 Å². The van der Waals surface area contributed by atoms with Gasteiger partial charge < -0.3 is 19.2 Å². The molecule has 26 heavy (non-hydrogen) atoms. The number of tetrazole rings is 1. The molecule has 1 aromatic carbocycles. The lowest BCUT2D eigenvalue weighted by molar-refractivity contribution is -0.113.